The molecule has 1 aliphatic heterocycles. The van der Waals surface area contributed by atoms with Gasteiger partial charge in [0.05, 0.1) is 5.69 Å². The summed E-state index contributed by atoms with van der Waals surface area (Å²) in [5.74, 6) is 0.616. The van der Waals surface area contributed by atoms with Crippen LogP contribution in [0.25, 0.3) is 0 Å². The number of ether oxygens (including phenoxy) is 1. The Morgan fingerprint density at radius 1 is 1.13 bits per heavy atom. The standard InChI is InChI=1S/C18H19ClN2O2/c1-12-18(22)20-16-9-14(5-8-17(16)23-12)11-21(2)10-13-3-6-15(19)7-4-13/h3-9,12H,10-11H2,1-2H3,(H,20,22). The number of carbonyl (C=O) groups excluding carboxylic acids is 1. The molecule has 2 aromatic rings. The highest BCUT2D eigenvalue weighted by molar-refractivity contribution is 6.30. The largest absolute Gasteiger partial charge is 0.479 e. The summed E-state index contributed by atoms with van der Waals surface area (Å²) >= 11 is 5.91. The molecule has 0 radical (unpaired) electrons. The van der Waals surface area contributed by atoms with Crippen LogP contribution in [0.3, 0.4) is 0 Å². The quantitative estimate of drug-likeness (QED) is 0.929. The van der Waals surface area contributed by atoms with Crippen molar-refractivity contribution in [1.29, 1.82) is 0 Å². The minimum Gasteiger partial charge on any atom is -0.479 e. The Morgan fingerprint density at radius 2 is 1.78 bits per heavy atom. The van der Waals surface area contributed by atoms with Crippen LogP contribution in [0.2, 0.25) is 5.02 Å². The Balaban J connectivity index is 1.67. The molecule has 1 aliphatic rings. The number of amides is 1. The van der Waals surface area contributed by atoms with Gasteiger partial charge in [-0.05, 0) is 49.4 Å². The van der Waals surface area contributed by atoms with Gasteiger partial charge in [0.1, 0.15) is 5.75 Å². The van der Waals surface area contributed by atoms with E-state index in [2.05, 4.69) is 17.3 Å². The zero-order valence-electron chi connectivity index (χ0n) is 13.2. The van der Waals surface area contributed by atoms with Crippen molar-refractivity contribution in [2.24, 2.45) is 0 Å². The molecule has 1 N–H and O–H groups in total. The van der Waals surface area contributed by atoms with Gasteiger partial charge >= 0.3 is 0 Å². The smallest absolute Gasteiger partial charge is 0.265 e. The second kappa shape index (κ2) is 6.60. The fraction of sp³-hybridized carbons (Fsp3) is 0.278. The van der Waals surface area contributed by atoms with Crippen molar-refractivity contribution in [3.05, 3.63) is 58.6 Å². The summed E-state index contributed by atoms with van der Waals surface area (Å²) in [4.78, 5) is 13.9. The lowest BCUT2D eigenvalue weighted by molar-refractivity contribution is -0.122. The molecule has 5 heteroatoms. The number of hydrogen-bond acceptors (Lipinski definition) is 3. The van der Waals surface area contributed by atoms with Crippen molar-refractivity contribution in [3.8, 4) is 5.75 Å². The van der Waals surface area contributed by atoms with Gasteiger partial charge in [-0.3, -0.25) is 9.69 Å². The maximum absolute atomic E-state index is 11.7. The summed E-state index contributed by atoms with van der Waals surface area (Å²) < 4.78 is 5.57. The summed E-state index contributed by atoms with van der Waals surface area (Å²) in [6.07, 6.45) is -0.444. The van der Waals surface area contributed by atoms with E-state index in [9.17, 15) is 4.79 Å². The monoisotopic (exact) mass is 330 g/mol. The number of halogens is 1. The van der Waals surface area contributed by atoms with E-state index >= 15 is 0 Å². The van der Waals surface area contributed by atoms with Crippen LogP contribution in [0.4, 0.5) is 5.69 Å². The summed E-state index contributed by atoms with van der Waals surface area (Å²) in [6.45, 7) is 3.35. The molecule has 120 valence electrons. The SMILES string of the molecule is CC1Oc2ccc(CN(C)Cc3ccc(Cl)cc3)cc2NC1=O. The summed E-state index contributed by atoms with van der Waals surface area (Å²) in [6, 6.07) is 13.8. The third-order valence-corrected chi connectivity index (χ3v) is 4.05. The first-order valence-electron chi connectivity index (χ1n) is 7.55. The van der Waals surface area contributed by atoms with Crippen molar-refractivity contribution in [1.82, 2.24) is 4.90 Å². The minimum absolute atomic E-state index is 0.107. The number of nitrogens with one attached hydrogen (secondary N) is 1. The number of anilines is 1. The van der Waals surface area contributed by atoms with E-state index in [1.807, 2.05) is 42.5 Å². The zero-order valence-corrected chi connectivity index (χ0v) is 13.9. The number of carbonyl (C=O) groups is 1. The molecule has 0 aromatic heterocycles. The predicted octanol–water partition coefficient (Wildman–Crippen LogP) is 3.69. The molecule has 1 amide bonds. The Hall–Kier alpha value is -2.04. The van der Waals surface area contributed by atoms with Crippen LogP contribution < -0.4 is 10.1 Å². The Morgan fingerprint density at radius 3 is 2.52 bits per heavy atom. The van der Waals surface area contributed by atoms with Crippen molar-refractivity contribution in [2.75, 3.05) is 12.4 Å². The van der Waals surface area contributed by atoms with Crippen LogP contribution in [-0.2, 0) is 17.9 Å². The van der Waals surface area contributed by atoms with Crippen LogP contribution >= 0.6 is 11.6 Å². The molecule has 0 bridgehead atoms. The second-order valence-electron chi connectivity index (χ2n) is 5.88. The first kappa shape index (κ1) is 15.8. The first-order valence-corrected chi connectivity index (χ1v) is 7.92. The molecule has 0 spiro atoms. The molecule has 3 rings (SSSR count). The summed E-state index contributed by atoms with van der Waals surface area (Å²) in [5.41, 5.74) is 3.07. The average Bonchev–Trinajstić information content (AvgIpc) is 2.51. The first-order chi connectivity index (χ1) is 11.0. The topological polar surface area (TPSA) is 41.6 Å². The van der Waals surface area contributed by atoms with Crippen molar-refractivity contribution in [2.45, 2.75) is 26.1 Å². The van der Waals surface area contributed by atoms with E-state index < -0.39 is 6.10 Å². The van der Waals surface area contributed by atoms with E-state index in [1.165, 1.54) is 5.56 Å². The van der Waals surface area contributed by atoms with Gasteiger partial charge in [0, 0.05) is 18.1 Å². The Labute approximate surface area is 141 Å². The number of hydrogen-bond donors (Lipinski definition) is 1. The molecule has 0 saturated carbocycles. The third-order valence-electron chi connectivity index (χ3n) is 3.79. The molecule has 2 aromatic carbocycles. The fourth-order valence-corrected chi connectivity index (χ4v) is 2.75. The Bertz CT molecular complexity index is 715. The number of benzene rings is 2. The molecule has 1 heterocycles. The van der Waals surface area contributed by atoms with E-state index in [-0.39, 0.29) is 5.91 Å². The fourth-order valence-electron chi connectivity index (χ4n) is 2.62. The van der Waals surface area contributed by atoms with Crippen molar-refractivity contribution < 1.29 is 9.53 Å². The molecule has 0 aliphatic carbocycles. The molecule has 0 saturated heterocycles. The number of fused-ring (bicyclic) bond motifs is 1. The molecular formula is C18H19ClN2O2. The zero-order chi connectivity index (χ0) is 16.4. The van der Waals surface area contributed by atoms with Gasteiger partial charge < -0.3 is 10.1 Å². The second-order valence-corrected chi connectivity index (χ2v) is 6.32. The van der Waals surface area contributed by atoms with Crippen molar-refractivity contribution in [3.63, 3.8) is 0 Å². The molecule has 1 atom stereocenters. The van der Waals surface area contributed by atoms with Crippen molar-refractivity contribution >= 4 is 23.2 Å². The maximum Gasteiger partial charge on any atom is 0.265 e. The van der Waals surface area contributed by atoms with Crippen LogP contribution in [-0.4, -0.2) is 24.0 Å². The molecule has 23 heavy (non-hydrogen) atoms. The molecule has 0 fully saturated rings. The number of rotatable bonds is 4. The van der Waals surface area contributed by atoms with Gasteiger partial charge in [0.2, 0.25) is 0 Å². The van der Waals surface area contributed by atoms with E-state index in [0.717, 1.165) is 35.1 Å². The van der Waals surface area contributed by atoms with E-state index in [0.29, 0.717) is 0 Å². The highest BCUT2D eigenvalue weighted by atomic mass is 35.5. The van der Waals surface area contributed by atoms with Crippen LogP contribution in [0, 0.1) is 0 Å². The van der Waals surface area contributed by atoms with Gasteiger partial charge in [0.15, 0.2) is 6.10 Å². The van der Waals surface area contributed by atoms with E-state index in [1.54, 1.807) is 6.92 Å². The van der Waals surface area contributed by atoms with Gasteiger partial charge in [-0.25, -0.2) is 0 Å². The van der Waals surface area contributed by atoms with Gasteiger partial charge in [-0.1, -0.05) is 29.8 Å². The third kappa shape index (κ3) is 3.84. The lowest BCUT2D eigenvalue weighted by atomic mass is 10.1. The molecular weight excluding hydrogens is 312 g/mol. The van der Waals surface area contributed by atoms with E-state index in [4.69, 9.17) is 16.3 Å². The lowest BCUT2D eigenvalue weighted by Gasteiger charge is -2.24. The Kier molecular flexibility index (Phi) is 4.55. The summed E-state index contributed by atoms with van der Waals surface area (Å²) in [5, 5.41) is 3.63. The minimum atomic E-state index is -0.444. The van der Waals surface area contributed by atoms with Gasteiger partial charge in [0.25, 0.3) is 5.91 Å². The average molecular weight is 331 g/mol. The number of nitrogens with zero attached hydrogens (tertiary/aromatic N) is 1. The van der Waals surface area contributed by atoms with Crippen LogP contribution in [0.1, 0.15) is 18.1 Å². The molecule has 1 unspecified atom stereocenters. The maximum atomic E-state index is 11.7. The predicted molar refractivity (Wildman–Crippen MR) is 91.8 cm³/mol. The lowest BCUT2D eigenvalue weighted by Crippen LogP contribution is -2.34. The van der Waals surface area contributed by atoms with Crippen LogP contribution in [0.15, 0.2) is 42.5 Å². The molecule has 4 nitrogen and oxygen atoms in total. The highest BCUT2D eigenvalue weighted by Crippen LogP contribution is 2.30. The normalized spacial score (nSPS) is 16.7. The van der Waals surface area contributed by atoms with Gasteiger partial charge in [-0.15, -0.1) is 0 Å². The highest BCUT2D eigenvalue weighted by Gasteiger charge is 2.23. The van der Waals surface area contributed by atoms with Gasteiger partial charge in [-0.2, -0.15) is 0 Å². The summed E-state index contributed by atoms with van der Waals surface area (Å²) in [7, 11) is 2.06. The van der Waals surface area contributed by atoms with Crippen LogP contribution in [0.5, 0.6) is 5.75 Å².